The van der Waals surface area contributed by atoms with E-state index in [2.05, 4.69) is 5.32 Å². The van der Waals surface area contributed by atoms with Gasteiger partial charge in [-0.15, -0.1) is 0 Å². The van der Waals surface area contributed by atoms with Crippen molar-refractivity contribution in [3.8, 4) is 0 Å². The number of rotatable bonds is 10. The number of carbonyl (C=O) groups excluding carboxylic acids is 3. The quantitative estimate of drug-likeness (QED) is 0.620. The Morgan fingerprint density at radius 1 is 0.947 bits per heavy atom. The molecule has 0 heterocycles. The summed E-state index contributed by atoms with van der Waals surface area (Å²) in [4.78, 5) is 34.2. The molecule has 4 nitrogen and oxygen atoms in total. The normalized spacial score (nSPS) is 10.8. The monoisotopic (exact) mass is 269 g/mol. The molecule has 0 aliphatic heterocycles. The van der Waals surface area contributed by atoms with Gasteiger partial charge in [-0.25, -0.2) is 0 Å². The molecule has 0 bridgehead atoms. The van der Waals surface area contributed by atoms with E-state index in [-0.39, 0.29) is 29.9 Å². The molecule has 1 N–H and O–H groups in total. The van der Waals surface area contributed by atoms with Crippen molar-refractivity contribution in [1.29, 1.82) is 0 Å². The molecule has 0 spiro atoms. The molecule has 0 saturated carbocycles. The van der Waals surface area contributed by atoms with E-state index >= 15 is 0 Å². The summed E-state index contributed by atoms with van der Waals surface area (Å²) < 4.78 is 0. The number of nitrogens with one attached hydrogen (secondary N) is 1. The van der Waals surface area contributed by atoms with Crippen LogP contribution in [0, 0.1) is 11.8 Å². The van der Waals surface area contributed by atoms with Gasteiger partial charge >= 0.3 is 0 Å². The number of amides is 1. The zero-order valence-corrected chi connectivity index (χ0v) is 12.6. The summed E-state index contributed by atoms with van der Waals surface area (Å²) in [7, 11) is 0. The molecule has 0 saturated heterocycles. The Bertz CT molecular complexity index is 309. The van der Waals surface area contributed by atoms with Crippen molar-refractivity contribution < 1.29 is 14.4 Å². The van der Waals surface area contributed by atoms with Gasteiger partial charge in [-0.1, -0.05) is 27.7 Å². The lowest BCUT2D eigenvalue weighted by atomic mass is 10.0. The van der Waals surface area contributed by atoms with Gasteiger partial charge in [0, 0.05) is 25.2 Å². The molecule has 0 rings (SSSR count). The third kappa shape index (κ3) is 10.4. The molecule has 0 aromatic rings. The van der Waals surface area contributed by atoms with Crippen molar-refractivity contribution in [3.63, 3.8) is 0 Å². The predicted octanol–water partition coefficient (Wildman–Crippen LogP) is 2.50. The van der Waals surface area contributed by atoms with Gasteiger partial charge in [-0.3, -0.25) is 14.4 Å². The highest BCUT2D eigenvalue weighted by Gasteiger charge is 2.09. The molecule has 0 aromatic heterocycles. The Morgan fingerprint density at radius 3 is 2.05 bits per heavy atom. The molecule has 0 aliphatic rings. The van der Waals surface area contributed by atoms with E-state index in [9.17, 15) is 14.4 Å². The van der Waals surface area contributed by atoms with Gasteiger partial charge < -0.3 is 5.32 Å². The highest BCUT2D eigenvalue weighted by atomic mass is 16.2. The molecule has 19 heavy (non-hydrogen) atoms. The van der Waals surface area contributed by atoms with Crippen LogP contribution in [0.1, 0.15) is 59.8 Å². The first-order valence-electron chi connectivity index (χ1n) is 7.14. The molecule has 0 atom stereocenters. The average Bonchev–Trinajstić information content (AvgIpc) is 2.30. The molecule has 1 amide bonds. The van der Waals surface area contributed by atoms with Crippen LogP contribution in [0.3, 0.4) is 0 Å². The van der Waals surface area contributed by atoms with Gasteiger partial charge in [0.15, 0.2) is 5.78 Å². The fraction of sp³-hybridized carbons (Fsp3) is 0.800. The second-order valence-electron chi connectivity index (χ2n) is 5.74. The SMILES string of the molecule is CC(C)CC(=O)CCCCC(=O)NCC(=O)C(C)C. The van der Waals surface area contributed by atoms with E-state index in [0.29, 0.717) is 31.6 Å². The first-order valence-corrected chi connectivity index (χ1v) is 7.14. The highest BCUT2D eigenvalue weighted by Crippen LogP contribution is 2.07. The topological polar surface area (TPSA) is 63.2 Å². The summed E-state index contributed by atoms with van der Waals surface area (Å²) in [5, 5.41) is 2.61. The molecule has 0 aromatic carbocycles. The minimum atomic E-state index is -0.106. The summed E-state index contributed by atoms with van der Waals surface area (Å²) in [6.07, 6.45) is 3.01. The van der Waals surface area contributed by atoms with E-state index in [4.69, 9.17) is 0 Å². The van der Waals surface area contributed by atoms with Crippen LogP contribution < -0.4 is 5.32 Å². The van der Waals surface area contributed by atoms with Crippen LogP contribution in [0.2, 0.25) is 0 Å². The Balaban J connectivity index is 3.59. The fourth-order valence-corrected chi connectivity index (χ4v) is 1.64. The maximum absolute atomic E-state index is 11.4. The van der Waals surface area contributed by atoms with Gasteiger partial charge in [0.2, 0.25) is 5.91 Å². The van der Waals surface area contributed by atoms with Crippen LogP contribution >= 0.6 is 0 Å². The number of hydrogen-bond acceptors (Lipinski definition) is 3. The number of hydrogen-bond donors (Lipinski definition) is 1. The largest absolute Gasteiger partial charge is 0.349 e. The van der Waals surface area contributed by atoms with Crippen molar-refractivity contribution in [2.45, 2.75) is 59.8 Å². The summed E-state index contributed by atoms with van der Waals surface area (Å²) in [5.41, 5.74) is 0. The smallest absolute Gasteiger partial charge is 0.220 e. The van der Waals surface area contributed by atoms with Crippen molar-refractivity contribution in [2.75, 3.05) is 6.54 Å². The summed E-state index contributed by atoms with van der Waals surface area (Å²) in [6.45, 7) is 7.79. The fourth-order valence-electron chi connectivity index (χ4n) is 1.64. The minimum Gasteiger partial charge on any atom is -0.349 e. The second-order valence-corrected chi connectivity index (χ2v) is 5.74. The van der Waals surface area contributed by atoms with Gasteiger partial charge in [0.1, 0.15) is 5.78 Å². The van der Waals surface area contributed by atoms with E-state index in [1.54, 1.807) is 0 Å². The lowest BCUT2D eigenvalue weighted by Gasteiger charge is -2.07. The number of Topliss-reactive ketones (excluding diaryl/α,β-unsaturated/α-hetero) is 2. The predicted molar refractivity (Wildman–Crippen MR) is 75.8 cm³/mol. The highest BCUT2D eigenvalue weighted by molar-refractivity contribution is 5.87. The van der Waals surface area contributed by atoms with E-state index < -0.39 is 0 Å². The Morgan fingerprint density at radius 2 is 1.53 bits per heavy atom. The average molecular weight is 269 g/mol. The molecular weight excluding hydrogens is 242 g/mol. The Labute approximate surface area is 116 Å². The van der Waals surface area contributed by atoms with Crippen molar-refractivity contribution in [3.05, 3.63) is 0 Å². The van der Waals surface area contributed by atoms with Crippen LogP contribution in [0.4, 0.5) is 0 Å². The van der Waals surface area contributed by atoms with Gasteiger partial charge in [-0.2, -0.15) is 0 Å². The van der Waals surface area contributed by atoms with Gasteiger partial charge in [-0.05, 0) is 18.8 Å². The zero-order chi connectivity index (χ0) is 14.8. The maximum atomic E-state index is 11.4. The molecule has 0 unspecified atom stereocenters. The van der Waals surface area contributed by atoms with Gasteiger partial charge in [0.25, 0.3) is 0 Å². The Kier molecular flexibility index (Phi) is 9.09. The van der Waals surface area contributed by atoms with Crippen LogP contribution in [0.15, 0.2) is 0 Å². The first-order chi connectivity index (χ1) is 8.82. The summed E-state index contributed by atoms with van der Waals surface area (Å²) in [5.74, 6) is 0.558. The van der Waals surface area contributed by atoms with E-state index in [1.807, 2.05) is 27.7 Å². The van der Waals surface area contributed by atoms with Crippen LogP contribution in [-0.4, -0.2) is 24.0 Å². The standard InChI is InChI=1S/C15H27NO3/c1-11(2)9-13(17)7-5-6-8-15(19)16-10-14(18)12(3)4/h11-12H,5-10H2,1-4H3,(H,16,19). The van der Waals surface area contributed by atoms with Crippen LogP contribution in [0.25, 0.3) is 0 Å². The molecular formula is C15H27NO3. The lowest BCUT2D eigenvalue weighted by Crippen LogP contribution is -2.31. The molecule has 4 heteroatoms. The Hall–Kier alpha value is -1.19. The first kappa shape index (κ1) is 17.8. The second kappa shape index (κ2) is 9.70. The molecule has 0 fully saturated rings. The van der Waals surface area contributed by atoms with E-state index in [1.165, 1.54) is 0 Å². The van der Waals surface area contributed by atoms with Crippen molar-refractivity contribution in [2.24, 2.45) is 11.8 Å². The third-order valence-corrected chi connectivity index (χ3v) is 2.85. The molecule has 110 valence electrons. The number of ketones is 2. The zero-order valence-electron chi connectivity index (χ0n) is 12.6. The maximum Gasteiger partial charge on any atom is 0.220 e. The number of unbranched alkanes of at least 4 members (excludes halogenated alkanes) is 1. The van der Waals surface area contributed by atoms with E-state index in [0.717, 1.165) is 6.42 Å². The molecule has 0 radical (unpaired) electrons. The lowest BCUT2D eigenvalue weighted by molar-refractivity contribution is -0.126. The van der Waals surface area contributed by atoms with Crippen LogP contribution in [-0.2, 0) is 14.4 Å². The molecule has 0 aliphatic carbocycles. The van der Waals surface area contributed by atoms with Crippen LogP contribution in [0.5, 0.6) is 0 Å². The third-order valence-electron chi connectivity index (χ3n) is 2.85. The minimum absolute atomic E-state index is 0.0421. The summed E-state index contributed by atoms with van der Waals surface area (Å²) >= 11 is 0. The van der Waals surface area contributed by atoms with Gasteiger partial charge in [0.05, 0.1) is 6.54 Å². The summed E-state index contributed by atoms with van der Waals surface area (Å²) in [6, 6.07) is 0. The number of carbonyl (C=O) groups is 3. The van der Waals surface area contributed by atoms with Crippen molar-refractivity contribution in [1.82, 2.24) is 5.32 Å². The van der Waals surface area contributed by atoms with Crippen molar-refractivity contribution >= 4 is 17.5 Å².